The molecule has 118 valence electrons. The Hall–Kier alpha value is -1.92. The van der Waals surface area contributed by atoms with E-state index in [1.807, 2.05) is 12.1 Å². The number of ether oxygens (including phenoxy) is 1. The van der Waals surface area contributed by atoms with E-state index in [9.17, 15) is 5.11 Å². The summed E-state index contributed by atoms with van der Waals surface area (Å²) in [5.74, 6) is 1.62. The van der Waals surface area contributed by atoms with E-state index in [1.165, 1.54) is 12.8 Å². The normalized spacial score (nSPS) is 14.6. The molecular formula is C16H21N3O3. The zero-order valence-corrected chi connectivity index (χ0v) is 12.7. The summed E-state index contributed by atoms with van der Waals surface area (Å²) in [7, 11) is 1.66. The lowest BCUT2D eigenvalue weighted by molar-refractivity contribution is 0.198. The summed E-state index contributed by atoms with van der Waals surface area (Å²) in [5.41, 5.74) is 1.09. The van der Waals surface area contributed by atoms with Gasteiger partial charge in [-0.2, -0.15) is 4.98 Å². The summed E-state index contributed by atoms with van der Waals surface area (Å²) in [6.07, 6.45) is 3.06. The van der Waals surface area contributed by atoms with Crippen molar-refractivity contribution in [3.8, 4) is 5.75 Å². The van der Waals surface area contributed by atoms with E-state index in [0.29, 0.717) is 43.1 Å². The van der Waals surface area contributed by atoms with Crippen molar-refractivity contribution in [1.82, 2.24) is 15.0 Å². The molecule has 0 bridgehead atoms. The number of aromatic nitrogens is 2. The van der Waals surface area contributed by atoms with Gasteiger partial charge < -0.3 is 14.4 Å². The van der Waals surface area contributed by atoms with E-state index in [4.69, 9.17) is 9.26 Å². The molecule has 1 saturated carbocycles. The van der Waals surface area contributed by atoms with Crippen LogP contribution in [0.2, 0.25) is 0 Å². The number of phenolic OH excluding ortho intramolecular Hbond substituents is 1. The SMILES string of the molecule is COCCc1noc(CN(Cc2cccc(O)c2)C2CC2)n1. The van der Waals surface area contributed by atoms with Gasteiger partial charge in [0.15, 0.2) is 5.82 Å². The van der Waals surface area contributed by atoms with Gasteiger partial charge in [0.2, 0.25) is 5.89 Å². The molecule has 2 aromatic rings. The predicted octanol–water partition coefficient (Wildman–Crippen LogP) is 2.13. The average Bonchev–Trinajstić information content (AvgIpc) is 3.26. The number of methoxy groups -OCH3 is 1. The number of benzene rings is 1. The molecule has 6 heteroatoms. The number of phenols is 1. The van der Waals surface area contributed by atoms with Gasteiger partial charge in [0.1, 0.15) is 5.75 Å². The minimum atomic E-state index is 0.299. The average molecular weight is 303 g/mol. The molecule has 6 nitrogen and oxygen atoms in total. The molecule has 1 aliphatic carbocycles. The summed E-state index contributed by atoms with van der Waals surface area (Å²) in [5, 5.41) is 13.6. The second-order valence-electron chi connectivity index (χ2n) is 5.65. The summed E-state index contributed by atoms with van der Waals surface area (Å²) >= 11 is 0. The van der Waals surface area contributed by atoms with Crippen LogP contribution in [0.25, 0.3) is 0 Å². The summed E-state index contributed by atoms with van der Waals surface area (Å²) in [6, 6.07) is 7.94. The first-order valence-corrected chi connectivity index (χ1v) is 7.57. The molecule has 3 rings (SSSR count). The predicted molar refractivity (Wildman–Crippen MR) is 80.3 cm³/mol. The third-order valence-corrected chi connectivity index (χ3v) is 3.74. The molecule has 0 amide bonds. The number of hydrogen-bond donors (Lipinski definition) is 1. The Labute approximate surface area is 129 Å². The maximum atomic E-state index is 9.58. The quantitative estimate of drug-likeness (QED) is 0.805. The Bertz CT molecular complexity index is 610. The molecule has 1 heterocycles. The van der Waals surface area contributed by atoms with Gasteiger partial charge in [-0.05, 0) is 30.5 Å². The highest BCUT2D eigenvalue weighted by Gasteiger charge is 2.30. The van der Waals surface area contributed by atoms with E-state index in [2.05, 4.69) is 15.0 Å². The molecule has 0 saturated heterocycles. The van der Waals surface area contributed by atoms with Crippen molar-refractivity contribution < 1.29 is 14.4 Å². The molecule has 1 aliphatic rings. The standard InChI is InChI=1S/C16H21N3O3/c1-21-8-7-15-17-16(22-18-15)11-19(13-5-6-13)10-12-3-2-4-14(20)9-12/h2-4,9,13,20H,5-8,10-11H2,1H3. The summed E-state index contributed by atoms with van der Waals surface area (Å²) in [4.78, 5) is 6.73. The van der Waals surface area contributed by atoms with Crippen LogP contribution < -0.4 is 0 Å². The number of hydrogen-bond acceptors (Lipinski definition) is 6. The zero-order chi connectivity index (χ0) is 15.4. The van der Waals surface area contributed by atoms with Crippen molar-refractivity contribution in [2.45, 2.75) is 38.4 Å². The molecule has 1 aromatic carbocycles. The number of aromatic hydroxyl groups is 1. The minimum Gasteiger partial charge on any atom is -0.508 e. The van der Waals surface area contributed by atoms with Crippen molar-refractivity contribution in [1.29, 1.82) is 0 Å². The van der Waals surface area contributed by atoms with E-state index in [0.717, 1.165) is 12.1 Å². The van der Waals surface area contributed by atoms with Crippen molar-refractivity contribution >= 4 is 0 Å². The summed E-state index contributed by atoms with van der Waals surface area (Å²) in [6.45, 7) is 2.00. The van der Waals surface area contributed by atoms with Crippen LogP contribution in [0.1, 0.15) is 30.1 Å². The molecule has 1 fully saturated rings. The Morgan fingerprint density at radius 1 is 1.36 bits per heavy atom. The largest absolute Gasteiger partial charge is 0.508 e. The van der Waals surface area contributed by atoms with Crippen LogP contribution >= 0.6 is 0 Å². The lowest BCUT2D eigenvalue weighted by Gasteiger charge is -2.20. The van der Waals surface area contributed by atoms with Gasteiger partial charge in [-0.1, -0.05) is 17.3 Å². The zero-order valence-electron chi connectivity index (χ0n) is 12.7. The number of rotatable bonds is 8. The van der Waals surface area contributed by atoms with E-state index < -0.39 is 0 Å². The highest BCUT2D eigenvalue weighted by atomic mass is 16.5. The van der Waals surface area contributed by atoms with E-state index >= 15 is 0 Å². The monoisotopic (exact) mass is 303 g/mol. The van der Waals surface area contributed by atoms with Crippen LogP contribution in [-0.4, -0.2) is 39.9 Å². The first kappa shape index (κ1) is 15.0. The fraction of sp³-hybridized carbons (Fsp3) is 0.500. The molecule has 22 heavy (non-hydrogen) atoms. The maximum Gasteiger partial charge on any atom is 0.240 e. The molecule has 1 N–H and O–H groups in total. The minimum absolute atomic E-state index is 0.299. The van der Waals surface area contributed by atoms with E-state index in [-0.39, 0.29) is 0 Å². The topological polar surface area (TPSA) is 71.6 Å². The molecule has 0 aliphatic heterocycles. The Balaban J connectivity index is 1.63. The van der Waals surface area contributed by atoms with Gasteiger partial charge in [-0.15, -0.1) is 0 Å². The van der Waals surface area contributed by atoms with Gasteiger partial charge in [-0.3, -0.25) is 4.90 Å². The van der Waals surface area contributed by atoms with Crippen molar-refractivity contribution in [3.63, 3.8) is 0 Å². The van der Waals surface area contributed by atoms with Gasteiger partial charge in [0.25, 0.3) is 0 Å². The van der Waals surface area contributed by atoms with Gasteiger partial charge in [-0.25, -0.2) is 0 Å². The highest BCUT2D eigenvalue weighted by Crippen LogP contribution is 2.30. The molecule has 1 aromatic heterocycles. The number of nitrogens with zero attached hydrogens (tertiary/aromatic N) is 3. The van der Waals surface area contributed by atoms with Gasteiger partial charge in [0.05, 0.1) is 13.2 Å². The lowest BCUT2D eigenvalue weighted by atomic mass is 10.2. The molecule has 0 atom stereocenters. The van der Waals surface area contributed by atoms with Crippen LogP contribution in [0.3, 0.4) is 0 Å². The van der Waals surface area contributed by atoms with Crippen molar-refractivity contribution in [2.75, 3.05) is 13.7 Å². The van der Waals surface area contributed by atoms with Gasteiger partial charge >= 0.3 is 0 Å². The highest BCUT2D eigenvalue weighted by molar-refractivity contribution is 5.27. The third-order valence-electron chi connectivity index (χ3n) is 3.74. The fourth-order valence-electron chi connectivity index (χ4n) is 2.47. The van der Waals surface area contributed by atoms with Crippen LogP contribution in [0.5, 0.6) is 5.75 Å². The van der Waals surface area contributed by atoms with Crippen LogP contribution in [0, 0.1) is 0 Å². The van der Waals surface area contributed by atoms with Gasteiger partial charge in [0, 0.05) is 26.1 Å². The smallest absolute Gasteiger partial charge is 0.240 e. The Morgan fingerprint density at radius 2 is 2.23 bits per heavy atom. The van der Waals surface area contributed by atoms with Crippen LogP contribution in [-0.2, 0) is 24.2 Å². The summed E-state index contributed by atoms with van der Waals surface area (Å²) < 4.78 is 10.3. The maximum absolute atomic E-state index is 9.58. The molecular weight excluding hydrogens is 282 g/mol. The second kappa shape index (κ2) is 6.89. The first-order valence-electron chi connectivity index (χ1n) is 7.57. The van der Waals surface area contributed by atoms with Crippen LogP contribution in [0.4, 0.5) is 0 Å². The van der Waals surface area contributed by atoms with E-state index in [1.54, 1.807) is 19.2 Å². The molecule has 0 radical (unpaired) electrons. The Morgan fingerprint density at radius 3 is 2.95 bits per heavy atom. The molecule has 0 unspecified atom stereocenters. The fourth-order valence-corrected chi connectivity index (χ4v) is 2.47. The molecule has 0 spiro atoms. The lowest BCUT2D eigenvalue weighted by Crippen LogP contribution is -2.25. The van der Waals surface area contributed by atoms with Crippen LogP contribution in [0.15, 0.2) is 28.8 Å². The first-order chi connectivity index (χ1) is 10.7. The van der Waals surface area contributed by atoms with Crippen molar-refractivity contribution in [3.05, 3.63) is 41.5 Å². The second-order valence-corrected chi connectivity index (χ2v) is 5.65. The van der Waals surface area contributed by atoms with Crippen molar-refractivity contribution in [2.24, 2.45) is 0 Å². The third kappa shape index (κ3) is 4.05. The Kier molecular flexibility index (Phi) is 4.70.